The Morgan fingerprint density at radius 2 is 2.36 bits per heavy atom. The number of hydrogen-bond donors (Lipinski definition) is 1. The summed E-state index contributed by atoms with van der Waals surface area (Å²) < 4.78 is 5.18. The second kappa shape index (κ2) is 7.76. The van der Waals surface area contributed by atoms with Crippen LogP contribution in [-0.2, 0) is 4.74 Å². The molecule has 0 aromatic rings. The fourth-order valence-corrected chi connectivity index (χ4v) is 0.732. The van der Waals surface area contributed by atoms with Gasteiger partial charge < -0.3 is 10.1 Å². The van der Waals surface area contributed by atoms with E-state index in [2.05, 4.69) is 18.8 Å². The molecule has 0 spiro atoms. The highest BCUT2D eigenvalue weighted by Crippen LogP contribution is 1.84. The van der Waals surface area contributed by atoms with Gasteiger partial charge in [-0.1, -0.05) is 6.08 Å². The van der Waals surface area contributed by atoms with Crippen LogP contribution in [0.15, 0.2) is 12.7 Å². The van der Waals surface area contributed by atoms with Crippen LogP contribution in [0.3, 0.4) is 0 Å². The zero-order valence-corrected chi connectivity index (χ0v) is 7.60. The van der Waals surface area contributed by atoms with Crippen LogP contribution in [0.4, 0.5) is 0 Å². The molecule has 66 valence electrons. The fraction of sp³-hybridized carbons (Fsp3) is 0.778. The molecular formula is C9H19NO. The highest BCUT2D eigenvalue weighted by Gasteiger charge is 1.92. The van der Waals surface area contributed by atoms with Gasteiger partial charge in [-0.15, -0.1) is 6.58 Å². The summed E-state index contributed by atoms with van der Waals surface area (Å²) in [5.74, 6) is 0. The molecule has 2 heteroatoms. The van der Waals surface area contributed by atoms with Gasteiger partial charge in [0.05, 0.1) is 0 Å². The smallest absolute Gasteiger partial charge is 0.0477 e. The first kappa shape index (κ1) is 10.7. The van der Waals surface area contributed by atoms with Gasteiger partial charge in [0.1, 0.15) is 0 Å². The Kier molecular flexibility index (Phi) is 7.52. The maximum absolute atomic E-state index is 5.18. The summed E-state index contributed by atoms with van der Waals surface area (Å²) in [5, 5.41) is 3.29. The molecule has 0 saturated carbocycles. The Hall–Kier alpha value is -0.340. The largest absolute Gasteiger partial charge is 0.382 e. The maximum atomic E-state index is 5.18. The highest BCUT2D eigenvalue weighted by molar-refractivity contribution is 4.80. The van der Waals surface area contributed by atoms with Crippen LogP contribution >= 0.6 is 0 Å². The minimum atomic E-state index is 0.414. The van der Waals surface area contributed by atoms with E-state index in [4.69, 9.17) is 4.74 Å². The van der Waals surface area contributed by atoms with Crippen molar-refractivity contribution in [1.29, 1.82) is 0 Å². The van der Waals surface area contributed by atoms with Crippen LogP contribution in [-0.4, -0.2) is 25.8 Å². The van der Waals surface area contributed by atoms with Crippen LogP contribution in [0, 0.1) is 0 Å². The van der Waals surface area contributed by atoms with E-state index in [0.29, 0.717) is 6.04 Å². The van der Waals surface area contributed by atoms with E-state index in [1.54, 1.807) is 0 Å². The molecule has 0 aliphatic rings. The molecule has 0 heterocycles. The molecule has 0 radical (unpaired) electrons. The van der Waals surface area contributed by atoms with Crippen molar-refractivity contribution in [1.82, 2.24) is 5.32 Å². The molecule has 11 heavy (non-hydrogen) atoms. The Labute approximate surface area is 69.6 Å². The first-order valence-electron chi connectivity index (χ1n) is 4.25. The number of nitrogens with one attached hydrogen (secondary N) is 1. The van der Waals surface area contributed by atoms with E-state index in [1.165, 1.54) is 0 Å². The average Bonchev–Trinajstić information content (AvgIpc) is 2.04. The molecule has 0 rings (SSSR count). The molecule has 0 aliphatic heterocycles. The molecular weight excluding hydrogens is 138 g/mol. The van der Waals surface area contributed by atoms with Gasteiger partial charge in [0.25, 0.3) is 0 Å². The molecule has 1 atom stereocenters. The molecule has 0 bridgehead atoms. The topological polar surface area (TPSA) is 21.3 Å². The predicted octanol–water partition coefficient (Wildman–Crippen LogP) is 1.58. The van der Waals surface area contributed by atoms with Crippen LogP contribution in [0.1, 0.15) is 20.3 Å². The summed E-state index contributed by atoms with van der Waals surface area (Å²) in [6, 6.07) is 0.414. The maximum Gasteiger partial charge on any atom is 0.0477 e. The van der Waals surface area contributed by atoms with Gasteiger partial charge in [-0.3, -0.25) is 0 Å². The minimum absolute atomic E-state index is 0.414. The lowest BCUT2D eigenvalue weighted by Gasteiger charge is -2.07. The van der Waals surface area contributed by atoms with Crippen molar-refractivity contribution in [3.05, 3.63) is 12.7 Å². The summed E-state index contributed by atoms with van der Waals surface area (Å²) in [5.41, 5.74) is 0. The first-order valence-corrected chi connectivity index (χ1v) is 4.25. The van der Waals surface area contributed by atoms with Crippen LogP contribution < -0.4 is 5.32 Å². The predicted molar refractivity (Wildman–Crippen MR) is 48.8 cm³/mol. The molecule has 0 amide bonds. The summed E-state index contributed by atoms with van der Waals surface area (Å²) in [7, 11) is 0. The summed E-state index contributed by atoms with van der Waals surface area (Å²) in [6.07, 6.45) is 2.98. The average molecular weight is 157 g/mol. The van der Waals surface area contributed by atoms with Crippen LogP contribution in [0.2, 0.25) is 0 Å². The van der Waals surface area contributed by atoms with Crippen molar-refractivity contribution in [2.45, 2.75) is 26.3 Å². The van der Waals surface area contributed by atoms with Gasteiger partial charge in [0.2, 0.25) is 0 Å². The third kappa shape index (κ3) is 7.56. The molecule has 1 N–H and O–H groups in total. The van der Waals surface area contributed by atoms with E-state index in [-0.39, 0.29) is 0 Å². The summed E-state index contributed by atoms with van der Waals surface area (Å²) in [6.45, 7) is 10.5. The second-order valence-corrected chi connectivity index (χ2v) is 2.53. The molecule has 0 aliphatic carbocycles. The Bertz CT molecular complexity index is 93.6. The lowest BCUT2D eigenvalue weighted by Crippen LogP contribution is -2.25. The Morgan fingerprint density at radius 1 is 1.64 bits per heavy atom. The molecule has 0 saturated heterocycles. The van der Waals surface area contributed by atoms with Gasteiger partial charge in [-0.2, -0.15) is 0 Å². The minimum Gasteiger partial charge on any atom is -0.382 e. The number of rotatable bonds is 7. The SMILES string of the molecule is C=CC(C)NCCCOCC. The highest BCUT2D eigenvalue weighted by atomic mass is 16.5. The van der Waals surface area contributed by atoms with Gasteiger partial charge in [-0.05, 0) is 26.8 Å². The van der Waals surface area contributed by atoms with Crippen LogP contribution in [0.25, 0.3) is 0 Å². The molecule has 2 nitrogen and oxygen atoms in total. The third-order valence-corrected chi connectivity index (χ3v) is 1.49. The summed E-state index contributed by atoms with van der Waals surface area (Å²) >= 11 is 0. The van der Waals surface area contributed by atoms with Crippen molar-refractivity contribution in [3.63, 3.8) is 0 Å². The van der Waals surface area contributed by atoms with E-state index >= 15 is 0 Å². The lowest BCUT2D eigenvalue weighted by atomic mass is 10.3. The lowest BCUT2D eigenvalue weighted by molar-refractivity contribution is 0.144. The van der Waals surface area contributed by atoms with Crippen molar-refractivity contribution in [3.8, 4) is 0 Å². The van der Waals surface area contributed by atoms with Gasteiger partial charge in [0.15, 0.2) is 0 Å². The van der Waals surface area contributed by atoms with E-state index < -0.39 is 0 Å². The second-order valence-electron chi connectivity index (χ2n) is 2.53. The monoisotopic (exact) mass is 157 g/mol. The van der Waals surface area contributed by atoms with Gasteiger partial charge >= 0.3 is 0 Å². The zero-order valence-electron chi connectivity index (χ0n) is 7.60. The Morgan fingerprint density at radius 3 is 2.91 bits per heavy atom. The van der Waals surface area contributed by atoms with Crippen molar-refractivity contribution in [2.75, 3.05) is 19.8 Å². The molecule has 0 fully saturated rings. The van der Waals surface area contributed by atoms with Crippen molar-refractivity contribution >= 4 is 0 Å². The van der Waals surface area contributed by atoms with E-state index in [9.17, 15) is 0 Å². The van der Waals surface area contributed by atoms with Crippen molar-refractivity contribution in [2.24, 2.45) is 0 Å². The number of ether oxygens (including phenoxy) is 1. The molecule has 1 unspecified atom stereocenters. The van der Waals surface area contributed by atoms with Crippen molar-refractivity contribution < 1.29 is 4.74 Å². The number of hydrogen-bond acceptors (Lipinski definition) is 2. The fourth-order valence-electron chi connectivity index (χ4n) is 0.732. The zero-order chi connectivity index (χ0) is 8.53. The molecule has 0 aromatic carbocycles. The standard InChI is InChI=1S/C9H19NO/c1-4-9(3)10-7-6-8-11-5-2/h4,9-10H,1,5-8H2,2-3H3. The van der Waals surface area contributed by atoms with Crippen LogP contribution in [0.5, 0.6) is 0 Å². The van der Waals surface area contributed by atoms with E-state index in [0.717, 1.165) is 26.2 Å². The summed E-state index contributed by atoms with van der Waals surface area (Å²) in [4.78, 5) is 0. The van der Waals surface area contributed by atoms with E-state index in [1.807, 2.05) is 13.0 Å². The Balaban J connectivity index is 2.95. The van der Waals surface area contributed by atoms with Gasteiger partial charge in [-0.25, -0.2) is 0 Å². The first-order chi connectivity index (χ1) is 5.31. The normalized spacial score (nSPS) is 12.9. The van der Waals surface area contributed by atoms with Gasteiger partial charge in [0, 0.05) is 19.3 Å². The third-order valence-electron chi connectivity index (χ3n) is 1.49. The molecule has 0 aromatic heterocycles. The quantitative estimate of drug-likeness (QED) is 0.447.